The molecule has 1 heterocycles. The molecule has 2 aromatic carbocycles. The van der Waals surface area contributed by atoms with Gasteiger partial charge in [-0.3, -0.25) is 9.88 Å². The van der Waals surface area contributed by atoms with Crippen molar-refractivity contribution in [2.24, 2.45) is 0 Å². The lowest BCUT2D eigenvalue weighted by molar-refractivity contribution is 0.155. The summed E-state index contributed by atoms with van der Waals surface area (Å²) in [5.41, 5.74) is 2.94. The summed E-state index contributed by atoms with van der Waals surface area (Å²) in [7, 11) is -0.655. The van der Waals surface area contributed by atoms with Gasteiger partial charge in [0.05, 0.1) is 5.69 Å². The molecule has 0 saturated carbocycles. The normalized spacial score (nSPS) is 11.3. The quantitative estimate of drug-likeness (QED) is 0.530. The second-order valence-electron chi connectivity index (χ2n) is 6.04. The Morgan fingerprint density at radius 3 is 2.34 bits per heavy atom. The molecule has 0 aliphatic heterocycles. The average Bonchev–Trinajstić information content (AvgIpc) is 3.15. The Morgan fingerprint density at radius 2 is 1.72 bits per heavy atom. The molecule has 1 amide bonds. The van der Waals surface area contributed by atoms with E-state index in [1.807, 2.05) is 42.5 Å². The monoisotopic (exact) mass is 432 g/mol. The highest BCUT2D eigenvalue weighted by Gasteiger charge is 2.30. The van der Waals surface area contributed by atoms with E-state index in [0.29, 0.717) is 21.0 Å². The van der Waals surface area contributed by atoms with Crippen LogP contribution >= 0.6 is 18.9 Å². The average molecular weight is 432 g/mol. The Bertz CT molecular complexity index is 1010. The molecule has 1 aromatic heterocycles. The van der Waals surface area contributed by atoms with Crippen molar-refractivity contribution in [2.45, 2.75) is 13.5 Å². The van der Waals surface area contributed by atoms with E-state index in [0.717, 1.165) is 11.1 Å². The largest absolute Gasteiger partial charge is 0.444 e. The minimum atomic E-state index is -3.35. The van der Waals surface area contributed by atoms with Crippen molar-refractivity contribution in [3.8, 4) is 10.6 Å². The maximum atomic E-state index is 12.6. The van der Waals surface area contributed by atoms with Gasteiger partial charge in [-0.25, -0.2) is 9.78 Å². The van der Waals surface area contributed by atoms with Crippen LogP contribution in [0, 0.1) is 6.92 Å². The molecule has 0 aliphatic rings. The lowest BCUT2D eigenvalue weighted by Gasteiger charge is -2.11. The van der Waals surface area contributed by atoms with Crippen LogP contribution in [0.2, 0.25) is 0 Å². The number of nitrogens with zero attached hydrogens (tertiary/aromatic N) is 1. The minimum Gasteiger partial charge on any atom is -0.444 e. The van der Waals surface area contributed by atoms with E-state index in [2.05, 4.69) is 10.3 Å². The molecule has 0 fully saturated rings. The third-order valence-corrected chi connectivity index (χ3v) is 7.83. The molecule has 1 N–H and O–H groups in total. The van der Waals surface area contributed by atoms with Crippen molar-refractivity contribution in [1.82, 2.24) is 4.98 Å². The maximum absolute atomic E-state index is 12.6. The molecule has 152 valence electrons. The minimum absolute atomic E-state index is 0.199. The van der Waals surface area contributed by atoms with Crippen molar-refractivity contribution < 1.29 is 23.1 Å². The van der Waals surface area contributed by atoms with Crippen molar-refractivity contribution in [3.05, 3.63) is 65.9 Å². The first-order chi connectivity index (χ1) is 13.9. The molecule has 3 rings (SSSR count). The number of aryl methyl sites for hydroxylation is 1. The van der Waals surface area contributed by atoms with Crippen LogP contribution in [-0.4, -0.2) is 25.3 Å². The number of rotatable bonds is 7. The van der Waals surface area contributed by atoms with Crippen LogP contribution in [0.1, 0.15) is 11.3 Å². The number of hydrogen-bond donors (Lipinski definition) is 1. The summed E-state index contributed by atoms with van der Waals surface area (Å²) >= 11 is 1.26. The summed E-state index contributed by atoms with van der Waals surface area (Å²) in [6.07, 6.45) is -0.532. The van der Waals surface area contributed by atoms with E-state index in [-0.39, 0.29) is 6.61 Å². The third-order valence-electron chi connectivity index (χ3n) is 4.09. The molecule has 0 aliphatic carbocycles. The predicted molar refractivity (Wildman–Crippen MR) is 114 cm³/mol. The van der Waals surface area contributed by atoms with Crippen LogP contribution in [0.5, 0.6) is 0 Å². The zero-order valence-corrected chi connectivity index (χ0v) is 18.0. The molecule has 0 radical (unpaired) electrons. The van der Waals surface area contributed by atoms with Gasteiger partial charge >= 0.3 is 13.7 Å². The van der Waals surface area contributed by atoms with Gasteiger partial charge < -0.3 is 13.8 Å². The first-order valence-electron chi connectivity index (χ1n) is 8.73. The molecular weight excluding hydrogens is 411 g/mol. The summed E-state index contributed by atoms with van der Waals surface area (Å²) < 4.78 is 28.4. The summed E-state index contributed by atoms with van der Waals surface area (Å²) in [6.45, 7) is 1.96. The van der Waals surface area contributed by atoms with Gasteiger partial charge in [-0.05, 0) is 36.8 Å². The highest BCUT2D eigenvalue weighted by atomic mass is 32.1. The van der Waals surface area contributed by atoms with Gasteiger partial charge in [0.1, 0.15) is 16.2 Å². The van der Waals surface area contributed by atoms with Gasteiger partial charge in [0.25, 0.3) is 0 Å². The lowest BCUT2D eigenvalue weighted by Crippen LogP contribution is -2.13. The number of ether oxygens (including phenoxy) is 1. The first kappa shape index (κ1) is 21.2. The summed E-state index contributed by atoms with van der Waals surface area (Å²) in [5, 5.41) is 3.37. The second kappa shape index (κ2) is 9.33. The van der Waals surface area contributed by atoms with Crippen LogP contribution in [0.4, 0.5) is 10.5 Å². The van der Waals surface area contributed by atoms with E-state index < -0.39 is 13.7 Å². The van der Waals surface area contributed by atoms with Crippen LogP contribution in [0.15, 0.2) is 54.6 Å². The second-order valence-corrected chi connectivity index (χ2v) is 9.51. The van der Waals surface area contributed by atoms with Gasteiger partial charge in [-0.15, -0.1) is 11.3 Å². The van der Waals surface area contributed by atoms with Gasteiger partial charge in [-0.2, -0.15) is 0 Å². The highest BCUT2D eigenvalue weighted by molar-refractivity contribution is 7.69. The number of hydrogen-bond acceptors (Lipinski definition) is 7. The number of nitrogens with one attached hydrogen (secondary N) is 1. The standard InChI is InChI=1S/C20H21N2O5PS/c1-14-19(28(24,25-2)26-3)29-18(21-14)16-9-11-17(12-10-16)22-20(23)27-13-15-7-5-4-6-8-15/h4-12H,13H2,1-3H3,(H,22,23). The van der Waals surface area contributed by atoms with Crippen LogP contribution in [-0.2, 0) is 25.0 Å². The number of carbonyl (C=O) groups excluding carboxylic acids is 1. The zero-order chi connectivity index (χ0) is 20.9. The Hall–Kier alpha value is -2.51. The van der Waals surface area contributed by atoms with Crippen LogP contribution in [0.25, 0.3) is 10.6 Å². The van der Waals surface area contributed by atoms with Gasteiger partial charge in [-0.1, -0.05) is 30.3 Å². The van der Waals surface area contributed by atoms with Crippen LogP contribution < -0.4 is 9.94 Å². The highest BCUT2D eigenvalue weighted by Crippen LogP contribution is 2.48. The smallest absolute Gasteiger partial charge is 0.411 e. The molecular formula is C20H21N2O5PS. The van der Waals surface area contributed by atoms with Crippen molar-refractivity contribution in [2.75, 3.05) is 19.5 Å². The molecule has 0 bridgehead atoms. The maximum Gasteiger partial charge on any atom is 0.411 e. The fourth-order valence-corrected chi connectivity index (χ4v) is 5.47. The fourth-order valence-electron chi connectivity index (χ4n) is 2.58. The molecule has 0 atom stereocenters. The molecule has 29 heavy (non-hydrogen) atoms. The third kappa shape index (κ3) is 5.10. The number of thiazole rings is 1. The van der Waals surface area contributed by atoms with Crippen molar-refractivity contribution >= 4 is 35.3 Å². The fraction of sp³-hybridized carbons (Fsp3) is 0.200. The summed E-state index contributed by atoms with van der Waals surface area (Å²) in [6, 6.07) is 16.6. The van der Waals surface area contributed by atoms with E-state index in [9.17, 15) is 9.36 Å². The van der Waals surface area contributed by atoms with E-state index in [1.54, 1.807) is 19.1 Å². The number of anilines is 1. The molecule has 0 unspecified atom stereocenters. The van der Waals surface area contributed by atoms with Crippen molar-refractivity contribution in [1.29, 1.82) is 0 Å². The first-order valence-corrected chi connectivity index (χ1v) is 11.1. The predicted octanol–water partition coefficient (Wildman–Crippen LogP) is 4.98. The molecule has 7 nitrogen and oxygen atoms in total. The number of amides is 1. The van der Waals surface area contributed by atoms with Gasteiger partial charge in [0.15, 0.2) is 0 Å². The molecule has 0 spiro atoms. The Labute approximate surface area is 173 Å². The van der Waals surface area contributed by atoms with Crippen LogP contribution in [0.3, 0.4) is 0 Å². The van der Waals surface area contributed by atoms with E-state index in [1.165, 1.54) is 25.6 Å². The van der Waals surface area contributed by atoms with Gasteiger partial charge in [0, 0.05) is 25.5 Å². The number of carbonyl (C=O) groups is 1. The topological polar surface area (TPSA) is 86.8 Å². The Kier molecular flexibility index (Phi) is 6.82. The van der Waals surface area contributed by atoms with Gasteiger partial charge in [0.2, 0.25) is 0 Å². The Balaban J connectivity index is 1.66. The van der Waals surface area contributed by atoms with Crippen molar-refractivity contribution in [3.63, 3.8) is 0 Å². The van der Waals surface area contributed by atoms with E-state index >= 15 is 0 Å². The summed E-state index contributed by atoms with van der Waals surface area (Å²) in [4.78, 5) is 16.4. The molecule has 3 aromatic rings. The SMILES string of the molecule is COP(=O)(OC)c1sc(-c2ccc(NC(=O)OCc3ccccc3)cc2)nc1C. The Morgan fingerprint density at radius 1 is 1.07 bits per heavy atom. The zero-order valence-electron chi connectivity index (χ0n) is 16.2. The number of benzene rings is 2. The number of aromatic nitrogens is 1. The van der Waals surface area contributed by atoms with E-state index in [4.69, 9.17) is 13.8 Å². The lowest BCUT2D eigenvalue weighted by atomic mass is 10.2. The molecule has 0 saturated heterocycles. The summed E-state index contributed by atoms with van der Waals surface area (Å²) in [5.74, 6) is 0. The molecule has 9 heteroatoms.